The van der Waals surface area contributed by atoms with Gasteiger partial charge < -0.3 is 15.2 Å². The maximum atomic E-state index is 5.88. The van der Waals surface area contributed by atoms with E-state index in [1.165, 1.54) is 0 Å². The highest BCUT2D eigenvalue weighted by Crippen LogP contribution is 2.14. The van der Waals surface area contributed by atoms with E-state index in [-0.39, 0.29) is 18.2 Å². The molecular formula is C9H19NO2. The Balaban J connectivity index is 2.13. The summed E-state index contributed by atoms with van der Waals surface area (Å²) in [5, 5.41) is 0. The summed E-state index contributed by atoms with van der Waals surface area (Å²) in [6, 6.07) is 0.0508. The zero-order valence-electron chi connectivity index (χ0n) is 7.95. The van der Waals surface area contributed by atoms with Gasteiger partial charge in [0, 0.05) is 6.61 Å². The molecule has 2 atom stereocenters. The van der Waals surface area contributed by atoms with Gasteiger partial charge in [-0.3, -0.25) is 0 Å². The Labute approximate surface area is 74.2 Å². The first-order valence-corrected chi connectivity index (χ1v) is 4.69. The molecule has 72 valence electrons. The summed E-state index contributed by atoms with van der Waals surface area (Å²) in [7, 11) is 0. The fourth-order valence-corrected chi connectivity index (χ4v) is 1.35. The topological polar surface area (TPSA) is 44.5 Å². The molecule has 3 nitrogen and oxygen atoms in total. The Bertz CT molecular complexity index is 122. The van der Waals surface area contributed by atoms with Gasteiger partial charge in [-0.2, -0.15) is 0 Å². The van der Waals surface area contributed by atoms with Crippen molar-refractivity contribution >= 4 is 0 Å². The van der Waals surface area contributed by atoms with Gasteiger partial charge in [-0.05, 0) is 26.7 Å². The Morgan fingerprint density at radius 1 is 1.58 bits per heavy atom. The number of rotatable bonds is 4. The van der Waals surface area contributed by atoms with Crippen LogP contribution in [0.2, 0.25) is 0 Å². The second kappa shape index (κ2) is 4.80. The van der Waals surface area contributed by atoms with E-state index in [1.807, 2.05) is 13.8 Å². The monoisotopic (exact) mass is 173 g/mol. The van der Waals surface area contributed by atoms with Gasteiger partial charge in [-0.1, -0.05) is 0 Å². The fourth-order valence-electron chi connectivity index (χ4n) is 1.35. The molecule has 2 unspecified atom stereocenters. The molecule has 0 spiro atoms. The third-order valence-corrected chi connectivity index (χ3v) is 2.06. The van der Waals surface area contributed by atoms with Crippen molar-refractivity contribution in [1.29, 1.82) is 0 Å². The van der Waals surface area contributed by atoms with Crippen LogP contribution in [0.3, 0.4) is 0 Å². The van der Waals surface area contributed by atoms with Gasteiger partial charge in [-0.15, -0.1) is 0 Å². The molecule has 0 aliphatic carbocycles. The van der Waals surface area contributed by atoms with Crippen LogP contribution in [0.5, 0.6) is 0 Å². The minimum absolute atomic E-state index is 0.0508. The molecule has 0 radical (unpaired) electrons. The maximum absolute atomic E-state index is 5.88. The minimum atomic E-state index is 0.0508. The summed E-state index contributed by atoms with van der Waals surface area (Å²) >= 11 is 0. The summed E-state index contributed by atoms with van der Waals surface area (Å²) in [4.78, 5) is 0. The van der Waals surface area contributed by atoms with Crippen molar-refractivity contribution in [3.05, 3.63) is 0 Å². The van der Waals surface area contributed by atoms with E-state index in [9.17, 15) is 0 Å². The Kier molecular flexibility index (Phi) is 3.98. The second-order valence-electron chi connectivity index (χ2n) is 3.60. The smallest absolute Gasteiger partial charge is 0.0749 e. The lowest BCUT2D eigenvalue weighted by molar-refractivity contribution is 0.0195. The van der Waals surface area contributed by atoms with E-state index in [1.54, 1.807) is 0 Å². The van der Waals surface area contributed by atoms with Crippen molar-refractivity contribution in [2.24, 2.45) is 5.73 Å². The Morgan fingerprint density at radius 2 is 2.33 bits per heavy atom. The largest absolute Gasteiger partial charge is 0.377 e. The van der Waals surface area contributed by atoms with Gasteiger partial charge in [0.2, 0.25) is 0 Å². The lowest BCUT2D eigenvalue weighted by Gasteiger charge is -2.19. The summed E-state index contributed by atoms with van der Waals surface area (Å²) in [6.07, 6.45) is 2.71. The average Bonchev–Trinajstić information content (AvgIpc) is 2.51. The molecule has 12 heavy (non-hydrogen) atoms. The highest BCUT2D eigenvalue weighted by atomic mass is 16.5. The SMILES string of the molecule is CC(C)OCC(N)C1CCCO1. The normalized spacial score (nSPS) is 26.5. The molecule has 1 saturated heterocycles. The quantitative estimate of drug-likeness (QED) is 0.687. The van der Waals surface area contributed by atoms with E-state index < -0.39 is 0 Å². The molecule has 1 rings (SSSR count). The molecule has 0 amide bonds. The Hall–Kier alpha value is -0.120. The summed E-state index contributed by atoms with van der Waals surface area (Å²) in [6.45, 7) is 5.51. The van der Waals surface area contributed by atoms with Crippen molar-refractivity contribution in [2.45, 2.75) is 44.9 Å². The molecule has 0 aromatic carbocycles. The molecule has 1 aliphatic rings. The third-order valence-electron chi connectivity index (χ3n) is 2.06. The average molecular weight is 173 g/mol. The van der Waals surface area contributed by atoms with Crippen LogP contribution in [0.25, 0.3) is 0 Å². The first kappa shape index (κ1) is 9.96. The predicted octanol–water partition coefficient (Wildman–Crippen LogP) is 0.918. The predicted molar refractivity (Wildman–Crippen MR) is 48.0 cm³/mol. The first-order chi connectivity index (χ1) is 5.70. The van der Waals surface area contributed by atoms with Crippen LogP contribution < -0.4 is 5.73 Å². The van der Waals surface area contributed by atoms with Crippen molar-refractivity contribution in [3.63, 3.8) is 0 Å². The molecule has 0 bridgehead atoms. The second-order valence-corrected chi connectivity index (χ2v) is 3.60. The summed E-state index contributed by atoms with van der Waals surface area (Å²) in [5.41, 5.74) is 5.88. The highest BCUT2D eigenvalue weighted by molar-refractivity contribution is 4.76. The molecule has 1 heterocycles. The molecule has 0 aromatic rings. The van der Waals surface area contributed by atoms with Gasteiger partial charge in [0.25, 0.3) is 0 Å². The van der Waals surface area contributed by atoms with Gasteiger partial charge in [0.15, 0.2) is 0 Å². The molecule has 0 saturated carbocycles. The van der Waals surface area contributed by atoms with Crippen LogP contribution in [0, 0.1) is 0 Å². The minimum Gasteiger partial charge on any atom is -0.377 e. The van der Waals surface area contributed by atoms with E-state index in [4.69, 9.17) is 15.2 Å². The van der Waals surface area contributed by atoms with Crippen LogP contribution >= 0.6 is 0 Å². The van der Waals surface area contributed by atoms with Gasteiger partial charge in [0.1, 0.15) is 0 Å². The molecule has 1 fully saturated rings. The third kappa shape index (κ3) is 3.09. The molecular weight excluding hydrogens is 154 g/mol. The van der Waals surface area contributed by atoms with Gasteiger partial charge in [0.05, 0.1) is 24.9 Å². The van der Waals surface area contributed by atoms with Crippen molar-refractivity contribution < 1.29 is 9.47 Å². The number of hydrogen-bond acceptors (Lipinski definition) is 3. The fraction of sp³-hybridized carbons (Fsp3) is 1.00. The van der Waals surface area contributed by atoms with Crippen LogP contribution in [-0.4, -0.2) is 31.5 Å². The first-order valence-electron chi connectivity index (χ1n) is 4.69. The standard InChI is InChI=1S/C9H19NO2/c1-7(2)12-6-8(10)9-4-3-5-11-9/h7-9H,3-6,10H2,1-2H3. The van der Waals surface area contributed by atoms with E-state index >= 15 is 0 Å². The number of hydrogen-bond donors (Lipinski definition) is 1. The number of nitrogens with two attached hydrogens (primary N) is 1. The van der Waals surface area contributed by atoms with Crippen molar-refractivity contribution in [3.8, 4) is 0 Å². The molecule has 3 heteroatoms. The van der Waals surface area contributed by atoms with Gasteiger partial charge in [-0.25, -0.2) is 0 Å². The van der Waals surface area contributed by atoms with E-state index in [2.05, 4.69) is 0 Å². The lowest BCUT2D eigenvalue weighted by Crippen LogP contribution is -2.39. The summed E-state index contributed by atoms with van der Waals surface area (Å²) in [5.74, 6) is 0. The van der Waals surface area contributed by atoms with Crippen molar-refractivity contribution in [2.75, 3.05) is 13.2 Å². The Morgan fingerprint density at radius 3 is 2.83 bits per heavy atom. The highest BCUT2D eigenvalue weighted by Gasteiger charge is 2.22. The van der Waals surface area contributed by atoms with Crippen molar-refractivity contribution in [1.82, 2.24) is 0 Å². The van der Waals surface area contributed by atoms with Crippen LogP contribution in [0.4, 0.5) is 0 Å². The molecule has 0 aromatic heterocycles. The molecule has 2 N–H and O–H groups in total. The number of ether oxygens (including phenoxy) is 2. The maximum Gasteiger partial charge on any atom is 0.0749 e. The van der Waals surface area contributed by atoms with Crippen LogP contribution in [0.15, 0.2) is 0 Å². The van der Waals surface area contributed by atoms with Crippen LogP contribution in [-0.2, 0) is 9.47 Å². The van der Waals surface area contributed by atoms with Crippen LogP contribution in [0.1, 0.15) is 26.7 Å². The lowest BCUT2D eigenvalue weighted by atomic mass is 10.1. The van der Waals surface area contributed by atoms with E-state index in [0.717, 1.165) is 19.4 Å². The zero-order valence-corrected chi connectivity index (χ0v) is 7.95. The van der Waals surface area contributed by atoms with E-state index in [0.29, 0.717) is 6.61 Å². The zero-order chi connectivity index (χ0) is 8.97. The van der Waals surface area contributed by atoms with Gasteiger partial charge >= 0.3 is 0 Å². The summed E-state index contributed by atoms with van der Waals surface area (Å²) < 4.78 is 10.9. The molecule has 1 aliphatic heterocycles.